The molecule has 3 heterocycles. The maximum atomic E-state index is 12.5. The van der Waals surface area contributed by atoms with Crippen molar-refractivity contribution in [3.8, 4) is 0 Å². The molecule has 0 spiro atoms. The first kappa shape index (κ1) is 13.5. The fraction of sp³-hybridized carbons (Fsp3) is 0.429. The van der Waals surface area contributed by atoms with Crippen molar-refractivity contribution in [3.05, 3.63) is 46.0 Å². The minimum Gasteiger partial charge on any atom is -0.351 e. The second-order valence-electron chi connectivity index (χ2n) is 5.45. The number of hydrogen-bond donors (Lipinski definition) is 1. The third kappa shape index (κ3) is 2.24. The van der Waals surface area contributed by atoms with Gasteiger partial charge in [-0.15, -0.1) is 0 Å². The lowest BCUT2D eigenvalue weighted by Crippen LogP contribution is -2.44. The van der Waals surface area contributed by atoms with Gasteiger partial charge in [0.2, 0.25) is 5.76 Å². The van der Waals surface area contributed by atoms with E-state index in [0.717, 1.165) is 12.8 Å². The van der Waals surface area contributed by atoms with Crippen LogP contribution in [-0.4, -0.2) is 32.5 Å². The minimum atomic E-state index is -0.644. The van der Waals surface area contributed by atoms with Gasteiger partial charge in [0.25, 0.3) is 11.5 Å². The van der Waals surface area contributed by atoms with E-state index in [1.165, 1.54) is 18.3 Å². The van der Waals surface area contributed by atoms with Gasteiger partial charge in [0.1, 0.15) is 5.82 Å². The Hall–Kier alpha value is -2.44. The van der Waals surface area contributed by atoms with E-state index in [2.05, 4.69) is 15.1 Å². The highest BCUT2D eigenvalue weighted by atomic mass is 16.5. The Morgan fingerprint density at radius 2 is 2.33 bits per heavy atom. The fourth-order valence-corrected chi connectivity index (χ4v) is 2.83. The van der Waals surface area contributed by atoms with E-state index >= 15 is 0 Å². The van der Waals surface area contributed by atoms with E-state index in [0.29, 0.717) is 18.1 Å². The smallest absolute Gasteiger partial charge is 0.293 e. The van der Waals surface area contributed by atoms with Crippen LogP contribution in [0.15, 0.2) is 27.6 Å². The molecule has 1 aliphatic rings. The van der Waals surface area contributed by atoms with Crippen molar-refractivity contribution in [3.63, 3.8) is 0 Å². The maximum Gasteiger partial charge on any atom is 0.293 e. The Morgan fingerprint density at radius 3 is 3.00 bits per heavy atom. The van der Waals surface area contributed by atoms with E-state index in [9.17, 15) is 9.59 Å². The number of rotatable bonds is 2. The molecule has 2 aromatic rings. The highest BCUT2D eigenvalue weighted by Gasteiger charge is 2.44. The molecule has 1 aliphatic heterocycles. The molecule has 7 heteroatoms. The second kappa shape index (κ2) is 4.83. The maximum absolute atomic E-state index is 12.5. The number of aryl methyl sites for hydroxylation is 1. The minimum absolute atomic E-state index is 0.193. The standard InChI is InChI=1S/C14H16N4O3/c1-9-8-11(19)17-13(16-9)14(2)5-3-7-18(14)12(20)10-4-6-15-21-10/h4,6,8H,3,5,7H2,1-2H3,(H,16,17,19). The highest BCUT2D eigenvalue weighted by Crippen LogP contribution is 2.37. The van der Waals surface area contributed by atoms with Crippen LogP contribution in [-0.2, 0) is 5.54 Å². The van der Waals surface area contributed by atoms with Crippen molar-refractivity contribution in [2.24, 2.45) is 0 Å². The zero-order valence-corrected chi connectivity index (χ0v) is 11.9. The fourth-order valence-electron chi connectivity index (χ4n) is 2.83. The Balaban J connectivity index is 2.02. The average Bonchev–Trinajstić information content (AvgIpc) is 3.06. The Bertz CT molecular complexity index is 722. The van der Waals surface area contributed by atoms with E-state index in [-0.39, 0.29) is 17.2 Å². The molecule has 0 bridgehead atoms. The number of aromatic nitrogens is 3. The SMILES string of the molecule is Cc1cc(=O)[nH]c(C2(C)CCCN2C(=O)c2ccno2)n1. The monoisotopic (exact) mass is 288 g/mol. The Labute approximate surface area is 121 Å². The molecule has 21 heavy (non-hydrogen) atoms. The summed E-state index contributed by atoms with van der Waals surface area (Å²) in [6.45, 7) is 4.26. The summed E-state index contributed by atoms with van der Waals surface area (Å²) >= 11 is 0. The van der Waals surface area contributed by atoms with Crippen LogP contribution in [0.2, 0.25) is 0 Å². The van der Waals surface area contributed by atoms with E-state index in [1.807, 2.05) is 6.92 Å². The molecule has 0 aliphatic carbocycles. The quantitative estimate of drug-likeness (QED) is 0.897. The molecule has 0 aromatic carbocycles. The molecule has 7 nitrogen and oxygen atoms in total. The predicted molar refractivity (Wildman–Crippen MR) is 73.7 cm³/mol. The van der Waals surface area contributed by atoms with Gasteiger partial charge in [-0.3, -0.25) is 9.59 Å². The van der Waals surface area contributed by atoms with E-state index in [1.54, 1.807) is 11.8 Å². The number of amides is 1. The molecule has 1 amide bonds. The molecule has 0 radical (unpaired) electrons. The van der Waals surface area contributed by atoms with Crippen molar-refractivity contribution < 1.29 is 9.32 Å². The lowest BCUT2D eigenvalue weighted by molar-refractivity contribution is 0.0560. The van der Waals surface area contributed by atoms with Crippen LogP contribution in [0.1, 0.15) is 41.8 Å². The molecule has 2 aromatic heterocycles. The number of likely N-dealkylation sites (tertiary alicyclic amines) is 1. The average molecular weight is 288 g/mol. The summed E-state index contributed by atoms with van der Waals surface area (Å²) in [5.74, 6) is 0.465. The largest absolute Gasteiger partial charge is 0.351 e. The molecule has 1 fully saturated rings. The first-order chi connectivity index (χ1) is 10.0. The number of nitrogens with zero attached hydrogens (tertiary/aromatic N) is 3. The van der Waals surface area contributed by atoms with Gasteiger partial charge in [0.15, 0.2) is 0 Å². The number of aromatic amines is 1. The molecular formula is C14H16N4O3. The zero-order chi connectivity index (χ0) is 15.0. The number of nitrogens with one attached hydrogen (secondary N) is 1. The summed E-state index contributed by atoms with van der Waals surface area (Å²) in [6, 6.07) is 2.97. The van der Waals surface area contributed by atoms with E-state index in [4.69, 9.17) is 4.52 Å². The lowest BCUT2D eigenvalue weighted by Gasteiger charge is -2.33. The van der Waals surface area contributed by atoms with Crippen molar-refractivity contribution >= 4 is 5.91 Å². The van der Waals surface area contributed by atoms with Crippen LogP contribution in [0.3, 0.4) is 0 Å². The van der Waals surface area contributed by atoms with Crippen LogP contribution in [0.5, 0.6) is 0 Å². The summed E-state index contributed by atoms with van der Waals surface area (Å²) in [7, 11) is 0. The van der Waals surface area contributed by atoms with Crippen molar-refractivity contribution in [1.82, 2.24) is 20.0 Å². The van der Waals surface area contributed by atoms with Gasteiger partial charge >= 0.3 is 0 Å². The van der Waals surface area contributed by atoms with Crippen LogP contribution < -0.4 is 5.56 Å². The predicted octanol–water partition coefficient (Wildman–Crippen LogP) is 1.22. The Morgan fingerprint density at radius 1 is 1.52 bits per heavy atom. The molecule has 1 unspecified atom stereocenters. The molecular weight excluding hydrogens is 272 g/mol. The first-order valence-corrected chi connectivity index (χ1v) is 6.82. The molecule has 1 atom stereocenters. The molecule has 1 saturated heterocycles. The number of carbonyl (C=O) groups is 1. The highest BCUT2D eigenvalue weighted by molar-refractivity contribution is 5.92. The summed E-state index contributed by atoms with van der Waals surface area (Å²) < 4.78 is 4.95. The molecule has 1 N–H and O–H groups in total. The van der Waals surface area contributed by atoms with Gasteiger partial charge in [0, 0.05) is 24.4 Å². The second-order valence-corrected chi connectivity index (χ2v) is 5.45. The summed E-state index contributed by atoms with van der Waals surface area (Å²) in [5, 5.41) is 3.57. The Kier molecular flexibility index (Phi) is 3.12. The summed E-state index contributed by atoms with van der Waals surface area (Å²) in [6.07, 6.45) is 3.01. The third-order valence-electron chi connectivity index (χ3n) is 3.91. The van der Waals surface area contributed by atoms with Crippen molar-refractivity contribution in [1.29, 1.82) is 0 Å². The van der Waals surface area contributed by atoms with Crippen LogP contribution in [0, 0.1) is 6.92 Å². The van der Waals surface area contributed by atoms with Gasteiger partial charge in [0.05, 0.1) is 11.7 Å². The normalized spacial score (nSPS) is 21.7. The van der Waals surface area contributed by atoms with Gasteiger partial charge in [-0.05, 0) is 26.7 Å². The van der Waals surface area contributed by atoms with Gasteiger partial charge in [-0.25, -0.2) is 4.98 Å². The van der Waals surface area contributed by atoms with Crippen molar-refractivity contribution in [2.75, 3.05) is 6.54 Å². The van der Waals surface area contributed by atoms with Crippen LogP contribution >= 0.6 is 0 Å². The topological polar surface area (TPSA) is 92.1 Å². The number of hydrogen-bond acceptors (Lipinski definition) is 5. The van der Waals surface area contributed by atoms with Gasteiger partial charge in [-0.2, -0.15) is 0 Å². The van der Waals surface area contributed by atoms with Crippen LogP contribution in [0.4, 0.5) is 0 Å². The van der Waals surface area contributed by atoms with Gasteiger partial charge < -0.3 is 14.4 Å². The van der Waals surface area contributed by atoms with Gasteiger partial charge in [-0.1, -0.05) is 5.16 Å². The van der Waals surface area contributed by atoms with E-state index < -0.39 is 5.54 Å². The summed E-state index contributed by atoms with van der Waals surface area (Å²) in [5.41, 5.74) is -0.221. The third-order valence-corrected chi connectivity index (χ3v) is 3.91. The molecule has 110 valence electrons. The first-order valence-electron chi connectivity index (χ1n) is 6.82. The molecule has 3 rings (SSSR count). The van der Waals surface area contributed by atoms with Crippen molar-refractivity contribution in [2.45, 2.75) is 32.2 Å². The molecule has 0 saturated carbocycles. The lowest BCUT2D eigenvalue weighted by atomic mass is 9.97. The number of carbonyl (C=O) groups excluding carboxylic acids is 1. The van der Waals surface area contributed by atoms with Crippen LogP contribution in [0.25, 0.3) is 0 Å². The zero-order valence-electron chi connectivity index (χ0n) is 11.9. The number of H-pyrrole nitrogens is 1. The summed E-state index contributed by atoms with van der Waals surface area (Å²) in [4.78, 5) is 33.1.